The Labute approximate surface area is 205 Å². The van der Waals surface area contributed by atoms with Gasteiger partial charge in [-0.1, -0.05) is 25.7 Å². The SMILES string of the molecule is CC1(C)C(=O)N(C2CCCCC2Cl)C(=O)N1CN1C(=O)N(C2CCCCC2Cl)C(=O)C1(C)C. The van der Waals surface area contributed by atoms with E-state index in [-0.39, 0.29) is 41.3 Å². The summed E-state index contributed by atoms with van der Waals surface area (Å²) < 4.78 is 0. The average Bonchev–Trinajstić information content (AvgIpc) is 3.02. The second-order valence-electron chi connectivity index (χ2n) is 10.8. The molecule has 4 aliphatic rings. The summed E-state index contributed by atoms with van der Waals surface area (Å²) in [7, 11) is 0. The highest BCUT2D eigenvalue weighted by Crippen LogP contribution is 2.39. The van der Waals surface area contributed by atoms with E-state index in [2.05, 4.69) is 0 Å². The number of amides is 6. The van der Waals surface area contributed by atoms with Gasteiger partial charge in [-0.3, -0.25) is 29.2 Å². The van der Waals surface area contributed by atoms with Gasteiger partial charge in [0.25, 0.3) is 11.8 Å². The van der Waals surface area contributed by atoms with Crippen molar-refractivity contribution in [1.29, 1.82) is 0 Å². The van der Waals surface area contributed by atoms with Crippen LogP contribution in [0.4, 0.5) is 9.59 Å². The van der Waals surface area contributed by atoms with Gasteiger partial charge in [0.05, 0.1) is 22.8 Å². The lowest BCUT2D eigenvalue weighted by molar-refractivity contribution is -0.134. The van der Waals surface area contributed by atoms with Crippen molar-refractivity contribution in [1.82, 2.24) is 19.6 Å². The first-order valence-electron chi connectivity index (χ1n) is 12.0. The second-order valence-corrected chi connectivity index (χ2v) is 11.9. The van der Waals surface area contributed by atoms with Gasteiger partial charge in [-0.2, -0.15) is 0 Å². The van der Waals surface area contributed by atoms with Gasteiger partial charge in [0.15, 0.2) is 0 Å². The number of halogens is 2. The second kappa shape index (κ2) is 8.59. The van der Waals surface area contributed by atoms with Gasteiger partial charge < -0.3 is 0 Å². The van der Waals surface area contributed by atoms with Gasteiger partial charge in [-0.05, 0) is 53.4 Å². The largest absolute Gasteiger partial charge is 0.329 e. The molecule has 0 spiro atoms. The van der Waals surface area contributed by atoms with Crippen LogP contribution in [-0.4, -0.2) is 84.1 Å². The van der Waals surface area contributed by atoms with E-state index in [1.165, 1.54) is 19.6 Å². The van der Waals surface area contributed by atoms with Crippen LogP contribution < -0.4 is 0 Å². The standard InChI is InChI=1S/C23H34Cl2N4O4/c1-22(2)18(30)28(16-11-7-5-9-14(16)24)20(32)26(22)13-27-21(33)29(19(31)23(27,3)4)17-12-8-6-10-15(17)25/h14-17H,5-13H2,1-4H3. The van der Waals surface area contributed by atoms with Gasteiger partial charge >= 0.3 is 12.1 Å². The maximum Gasteiger partial charge on any atom is 0.329 e. The summed E-state index contributed by atoms with van der Waals surface area (Å²) in [5.41, 5.74) is -2.31. The molecule has 8 nitrogen and oxygen atoms in total. The summed E-state index contributed by atoms with van der Waals surface area (Å²) in [6, 6.07) is -1.62. The first-order valence-corrected chi connectivity index (χ1v) is 12.9. The Morgan fingerprint density at radius 2 is 1.00 bits per heavy atom. The molecular weight excluding hydrogens is 467 g/mol. The molecule has 6 amide bonds. The number of nitrogens with zero attached hydrogens (tertiary/aromatic N) is 4. The van der Waals surface area contributed by atoms with Gasteiger partial charge in [-0.15, -0.1) is 23.2 Å². The van der Waals surface area contributed by atoms with Crippen molar-refractivity contribution >= 4 is 47.1 Å². The summed E-state index contributed by atoms with van der Waals surface area (Å²) >= 11 is 13.0. The van der Waals surface area contributed by atoms with Crippen molar-refractivity contribution in [3.8, 4) is 0 Å². The summed E-state index contributed by atoms with van der Waals surface area (Å²) in [5, 5.41) is -0.562. The highest BCUT2D eigenvalue weighted by molar-refractivity contribution is 6.22. The Kier molecular flexibility index (Phi) is 6.40. The number of carbonyl (C=O) groups excluding carboxylic acids is 4. The summed E-state index contributed by atoms with van der Waals surface area (Å²) in [6.07, 6.45) is 6.64. The molecule has 0 aromatic rings. The van der Waals surface area contributed by atoms with Crippen molar-refractivity contribution in [3.63, 3.8) is 0 Å². The fourth-order valence-electron chi connectivity index (χ4n) is 5.65. The van der Waals surface area contributed by atoms with Crippen LogP contribution in [0.5, 0.6) is 0 Å². The average molecular weight is 501 g/mol. The van der Waals surface area contributed by atoms with E-state index < -0.39 is 23.1 Å². The third-order valence-electron chi connectivity index (χ3n) is 7.95. The molecule has 0 aromatic heterocycles. The van der Waals surface area contributed by atoms with Crippen LogP contribution in [0.2, 0.25) is 0 Å². The molecule has 2 saturated carbocycles. The van der Waals surface area contributed by atoms with E-state index in [1.54, 1.807) is 27.7 Å². The number of imide groups is 2. The fourth-order valence-corrected chi connectivity index (χ4v) is 6.43. The summed E-state index contributed by atoms with van der Waals surface area (Å²) in [4.78, 5) is 59.1. The van der Waals surface area contributed by atoms with Crippen LogP contribution in [0.15, 0.2) is 0 Å². The number of rotatable bonds is 4. The van der Waals surface area contributed by atoms with E-state index in [4.69, 9.17) is 23.2 Å². The molecule has 10 heteroatoms. The predicted molar refractivity (Wildman–Crippen MR) is 125 cm³/mol. The zero-order valence-corrected chi connectivity index (χ0v) is 21.4. The van der Waals surface area contributed by atoms with Gasteiger partial charge in [-0.25, -0.2) is 9.59 Å². The Bertz CT molecular complexity index is 795. The van der Waals surface area contributed by atoms with E-state index in [1.807, 2.05) is 0 Å². The molecule has 2 aliphatic heterocycles. The Balaban J connectivity index is 1.60. The predicted octanol–water partition coefficient (Wildman–Crippen LogP) is 4.13. The molecule has 4 fully saturated rings. The highest BCUT2D eigenvalue weighted by Gasteiger charge is 2.59. The third kappa shape index (κ3) is 3.81. The lowest BCUT2D eigenvalue weighted by Gasteiger charge is -2.36. The normalized spacial score (nSPS) is 34.6. The maximum absolute atomic E-state index is 13.5. The highest BCUT2D eigenvalue weighted by atomic mass is 35.5. The van der Waals surface area contributed by atoms with Crippen LogP contribution in [0.25, 0.3) is 0 Å². The van der Waals surface area contributed by atoms with E-state index >= 15 is 0 Å². The maximum atomic E-state index is 13.5. The van der Waals surface area contributed by atoms with E-state index in [0.29, 0.717) is 12.8 Å². The Morgan fingerprint density at radius 1 is 0.667 bits per heavy atom. The summed E-state index contributed by atoms with van der Waals surface area (Å²) in [6.45, 7) is 6.58. The van der Waals surface area contributed by atoms with Crippen molar-refractivity contribution < 1.29 is 19.2 Å². The molecule has 2 aliphatic carbocycles. The topological polar surface area (TPSA) is 81.2 Å². The lowest BCUT2D eigenvalue weighted by Crippen LogP contribution is -2.55. The minimum absolute atomic E-state index is 0.151. The zero-order chi connectivity index (χ0) is 24.3. The first kappa shape index (κ1) is 24.6. The smallest absolute Gasteiger partial charge is 0.292 e. The molecule has 184 valence electrons. The monoisotopic (exact) mass is 500 g/mol. The van der Waals surface area contributed by atoms with Crippen molar-refractivity contribution in [2.75, 3.05) is 6.67 Å². The summed E-state index contributed by atoms with van der Waals surface area (Å²) in [5.74, 6) is -0.628. The number of alkyl halides is 2. The fraction of sp³-hybridized carbons (Fsp3) is 0.826. The molecule has 4 atom stereocenters. The lowest BCUT2D eigenvalue weighted by atomic mass is 9.93. The molecular formula is C23H34Cl2N4O4. The van der Waals surface area contributed by atoms with Crippen LogP contribution in [0.1, 0.15) is 79.1 Å². The molecule has 33 heavy (non-hydrogen) atoms. The Morgan fingerprint density at radius 3 is 1.33 bits per heavy atom. The quantitative estimate of drug-likeness (QED) is 0.429. The Hall–Kier alpha value is -1.54. The van der Waals surface area contributed by atoms with E-state index in [9.17, 15) is 19.2 Å². The third-order valence-corrected chi connectivity index (χ3v) is 8.97. The van der Waals surface area contributed by atoms with Crippen LogP contribution in [0, 0.1) is 0 Å². The number of hydrogen-bond donors (Lipinski definition) is 0. The van der Waals surface area contributed by atoms with Crippen LogP contribution in [0.3, 0.4) is 0 Å². The minimum Gasteiger partial charge on any atom is -0.292 e. The van der Waals surface area contributed by atoms with Crippen molar-refractivity contribution in [2.24, 2.45) is 0 Å². The number of carbonyl (C=O) groups is 4. The molecule has 0 N–H and O–H groups in total. The van der Waals surface area contributed by atoms with Crippen LogP contribution >= 0.6 is 23.2 Å². The van der Waals surface area contributed by atoms with Crippen molar-refractivity contribution in [3.05, 3.63) is 0 Å². The molecule has 2 saturated heterocycles. The van der Waals surface area contributed by atoms with E-state index in [0.717, 1.165) is 38.5 Å². The van der Waals surface area contributed by atoms with Crippen LogP contribution in [-0.2, 0) is 9.59 Å². The first-order chi connectivity index (χ1) is 15.4. The van der Waals surface area contributed by atoms with Crippen molar-refractivity contribution in [2.45, 2.75) is 113 Å². The number of urea groups is 2. The van der Waals surface area contributed by atoms with Gasteiger partial charge in [0.2, 0.25) is 0 Å². The minimum atomic E-state index is -1.15. The zero-order valence-electron chi connectivity index (χ0n) is 19.9. The molecule has 0 aromatic carbocycles. The molecule has 4 rings (SSSR count). The van der Waals surface area contributed by atoms with Gasteiger partial charge in [0, 0.05) is 0 Å². The molecule has 0 bridgehead atoms. The molecule has 4 unspecified atom stereocenters. The number of hydrogen-bond acceptors (Lipinski definition) is 4. The molecule has 0 radical (unpaired) electrons. The molecule has 2 heterocycles. The van der Waals surface area contributed by atoms with Gasteiger partial charge in [0.1, 0.15) is 17.7 Å².